The molecular weight excluding hydrogens is 270 g/mol. The Morgan fingerprint density at radius 2 is 1.74 bits per heavy atom. The maximum absolute atomic E-state index is 12.1. The monoisotopic (exact) mass is 287 g/mol. The van der Waals surface area contributed by atoms with Crippen LogP contribution in [0.25, 0.3) is 0 Å². The van der Waals surface area contributed by atoms with Gasteiger partial charge >= 0.3 is 0 Å². The highest BCUT2D eigenvalue weighted by atomic mass is 32.2. The highest BCUT2D eigenvalue weighted by Gasteiger charge is 2.27. The van der Waals surface area contributed by atoms with Gasteiger partial charge in [-0.15, -0.1) is 0 Å². The molecule has 106 valence electrons. The summed E-state index contributed by atoms with van der Waals surface area (Å²) in [6, 6.07) is 2.97. The van der Waals surface area contributed by atoms with Crippen LogP contribution in [0.4, 0.5) is 0 Å². The van der Waals surface area contributed by atoms with Crippen LogP contribution in [0.15, 0.2) is 17.0 Å². The molecule has 0 aliphatic carbocycles. The van der Waals surface area contributed by atoms with Gasteiger partial charge in [0.2, 0.25) is 0 Å². The number of benzene rings is 1. The number of likely N-dealkylation sites (N-methyl/N-ethyl adjacent to an activating group) is 1. The van der Waals surface area contributed by atoms with Crippen LogP contribution in [0, 0.1) is 0 Å². The van der Waals surface area contributed by atoms with Gasteiger partial charge < -0.3 is 14.8 Å². The molecule has 0 saturated heterocycles. The van der Waals surface area contributed by atoms with E-state index >= 15 is 0 Å². The average Bonchev–Trinajstić information content (AvgIpc) is 2.36. The lowest BCUT2D eigenvalue weighted by Crippen LogP contribution is -2.22. The summed E-state index contributed by atoms with van der Waals surface area (Å²) in [4.78, 5) is 12.0. The molecule has 0 unspecified atom stereocenters. The molecule has 0 aliphatic heterocycles. The molecule has 0 aliphatic rings. The van der Waals surface area contributed by atoms with Gasteiger partial charge in [-0.05, 0) is 19.2 Å². The molecule has 6 nitrogen and oxygen atoms in total. The molecule has 1 rings (SSSR count). The van der Waals surface area contributed by atoms with Crippen molar-refractivity contribution >= 4 is 15.6 Å². The molecule has 1 aromatic rings. The topological polar surface area (TPSA) is 81.7 Å². The highest BCUT2D eigenvalue weighted by molar-refractivity contribution is 7.91. The van der Waals surface area contributed by atoms with Crippen LogP contribution in [-0.4, -0.2) is 48.3 Å². The maximum Gasteiger partial charge on any atom is 0.181 e. The van der Waals surface area contributed by atoms with Gasteiger partial charge in [0.1, 0.15) is 16.4 Å². The predicted molar refractivity (Wildman–Crippen MR) is 70.9 cm³/mol. The first-order valence-corrected chi connectivity index (χ1v) is 7.38. The summed E-state index contributed by atoms with van der Waals surface area (Å²) < 4.78 is 33.9. The summed E-state index contributed by atoms with van der Waals surface area (Å²) in [5, 5.41) is 2.69. The van der Waals surface area contributed by atoms with Crippen LogP contribution in [0.3, 0.4) is 0 Å². The van der Waals surface area contributed by atoms with Crippen molar-refractivity contribution < 1.29 is 22.7 Å². The Hall–Kier alpha value is -1.60. The highest BCUT2D eigenvalue weighted by Crippen LogP contribution is 2.34. The summed E-state index contributed by atoms with van der Waals surface area (Å²) in [7, 11) is 0.705. The van der Waals surface area contributed by atoms with E-state index in [0.29, 0.717) is 0 Å². The summed E-state index contributed by atoms with van der Waals surface area (Å²) in [6.07, 6.45) is 1.03. The van der Waals surface area contributed by atoms with E-state index in [0.717, 1.165) is 6.26 Å². The molecule has 19 heavy (non-hydrogen) atoms. The first-order chi connectivity index (χ1) is 8.86. The van der Waals surface area contributed by atoms with E-state index in [1.807, 2.05) is 0 Å². The lowest BCUT2D eigenvalue weighted by molar-refractivity contribution is 0.0986. The number of Topliss-reactive ketones (excluding diaryl/α,β-unsaturated/α-hetero) is 1. The molecule has 0 aromatic heterocycles. The Bertz CT molecular complexity index is 580. The van der Waals surface area contributed by atoms with E-state index in [2.05, 4.69) is 5.32 Å². The number of carbonyl (C=O) groups is 1. The lowest BCUT2D eigenvalue weighted by atomic mass is 10.1. The number of rotatable bonds is 6. The van der Waals surface area contributed by atoms with E-state index in [9.17, 15) is 13.2 Å². The molecule has 0 amide bonds. The number of sulfone groups is 1. The number of hydrogen-bond acceptors (Lipinski definition) is 6. The normalized spacial score (nSPS) is 11.2. The van der Waals surface area contributed by atoms with Gasteiger partial charge in [0, 0.05) is 6.26 Å². The van der Waals surface area contributed by atoms with E-state index in [1.165, 1.54) is 26.4 Å². The number of nitrogens with one attached hydrogen (secondary N) is 1. The van der Waals surface area contributed by atoms with Gasteiger partial charge in [-0.3, -0.25) is 4.79 Å². The van der Waals surface area contributed by atoms with Crippen molar-refractivity contribution in [3.8, 4) is 11.5 Å². The molecule has 0 bridgehead atoms. The minimum Gasteiger partial charge on any atom is -0.496 e. The average molecular weight is 287 g/mol. The largest absolute Gasteiger partial charge is 0.496 e. The van der Waals surface area contributed by atoms with Crippen molar-refractivity contribution in [1.29, 1.82) is 0 Å². The molecule has 0 spiro atoms. The number of methoxy groups -OCH3 is 2. The van der Waals surface area contributed by atoms with Gasteiger partial charge in [0.15, 0.2) is 15.6 Å². The summed E-state index contributed by atoms with van der Waals surface area (Å²) in [5.74, 6) is -0.0390. The Kier molecular flexibility index (Phi) is 4.90. The van der Waals surface area contributed by atoms with Crippen molar-refractivity contribution in [2.75, 3.05) is 34.1 Å². The maximum atomic E-state index is 12.1. The van der Waals surface area contributed by atoms with Gasteiger partial charge in [0.25, 0.3) is 0 Å². The third-order valence-corrected chi connectivity index (χ3v) is 3.66. The molecule has 0 atom stereocenters. The standard InChI is InChI=1S/C12H17NO5S/c1-13-7-8(14)11-9(17-2)5-6-10(18-3)12(11)19(4,15)16/h5-6,13H,7H2,1-4H3. The zero-order valence-corrected chi connectivity index (χ0v) is 12.1. The molecule has 0 saturated carbocycles. The predicted octanol–water partition coefficient (Wildman–Crippen LogP) is 0.509. The Labute approximate surface area is 112 Å². The second-order valence-corrected chi connectivity index (χ2v) is 5.85. The molecule has 0 fully saturated rings. The van der Waals surface area contributed by atoms with Crippen molar-refractivity contribution in [2.45, 2.75) is 4.90 Å². The Morgan fingerprint density at radius 3 is 2.16 bits per heavy atom. The second kappa shape index (κ2) is 6.03. The number of ketones is 1. The fourth-order valence-electron chi connectivity index (χ4n) is 1.76. The van der Waals surface area contributed by atoms with Crippen LogP contribution in [0.1, 0.15) is 10.4 Å². The van der Waals surface area contributed by atoms with Crippen LogP contribution >= 0.6 is 0 Å². The van der Waals surface area contributed by atoms with Crippen LogP contribution in [0.5, 0.6) is 11.5 Å². The van der Waals surface area contributed by atoms with E-state index in [1.54, 1.807) is 7.05 Å². The quantitative estimate of drug-likeness (QED) is 0.768. The van der Waals surface area contributed by atoms with Crippen LogP contribution in [-0.2, 0) is 9.84 Å². The van der Waals surface area contributed by atoms with E-state index in [4.69, 9.17) is 9.47 Å². The summed E-state index contributed by atoms with van der Waals surface area (Å²) >= 11 is 0. The third kappa shape index (κ3) is 3.24. The van der Waals surface area contributed by atoms with Crippen molar-refractivity contribution in [1.82, 2.24) is 5.32 Å². The molecule has 1 N–H and O–H groups in total. The Morgan fingerprint density at radius 1 is 1.21 bits per heavy atom. The fourth-order valence-corrected chi connectivity index (χ4v) is 2.86. The molecule has 0 heterocycles. The molecule has 0 radical (unpaired) electrons. The number of ether oxygens (including phenoxy) is 2. The minimum absolute atomic E-state index is 0.00600. The van der Waals surface area contributed by atoms with Crippen molar-refractivity contribution in [2.24, 2.45) is 0 Å². The van der Waals surface area contributed by atoms with Gasteiger partial charge in [0.05, 0.1) is 26.3 Å². The van der Waals surface area contributed by atoms with Crippen molar-refractivity contribution in [3.63, 3.8) is 0 Å². The zero-order valence-electron chi connectivity index (χ0n) is 11.3. The van der Waals surface area contributed by atoms with E-state index in [-0.39, 0.29) is 34.3 Å². The number of hydrogen-bond donors (Lipinski definition) is 1. The smallest absolute Gasteiger partial charge is 0.181 e. The van der Waals surface area contributed by atoms with Crippen molar-refractivity contribution in [3.05, 3.63) is 17.7 Å². The summed E-state index contributed by atoms with van der Waals surface area (Å²) in [6.45, 7) is 0.00600. The van der Waals surface area contributed by atoms with Gasteiger partial charge in [-0.2, -0.15) is 0 Å². The first-order valence-electron chi connectivity index (χ1n) is 5.49. The van der Waals surface area contributed by atoms with Crippen LogP contribution in [0.2, 0.25) is 0 Å². The molecule has 1 aromatic carbocycles. The summed E-state index contributed by atoms with van der Waals surface area (Å²) in [5.41, 5.74) is 0.0127. The minimum atomic E-state index is -3.63. The third-order valence-electron chi connectivity index (χ3n) is 2.51. The first kappa shape index (κ1) is 15.5. The SMILES string of the molecule is CNCC(=O)c1c(OC)ccc(OC)c1S(C)(=O)=O. The van der Waals surface area contributed by atoms with Gasteiger partial charge in [-0.1, -0.05) is 0 Å². The number of carbonyl (C=O) groups excluding carboxylic acids is 1. The van der Waals surface area contributed by atoms with Gasteiger partial charge in [-0.25, -0.2) is 8.42 Å². The lowest BCUT2D eigenvalue weighted by Gasteiger charge is -2.15. The zero-order chi connectivity index (χ0) is 14.6. The van der Waals surface area contributed by atoms with E-state index < -0.39 is 9.84 Å². The Balaban J connectivity index is 3.67. The molecular formula is C12H17NO5S. The second-order valence-electron chi connectivity index (χ2n) is 3.90. The molecule has 7 heteroatoms. The van der Waals surface area contributed by atoms with Crippen LogP contribution < -0.4 is 14.8 Å². The fraction of sp³-hybridized carbons (Fsp3) is 0.417.